The Morgan fingerprint density at radius 1 is 1.31 bits per heavy atom. The maximum atomic E-state index is 12.6. The molecule has 2 heterocycles. The highest BCUT2D eigenvalue weighted by molar-refractivity contribution is 6.03. The van der Waals surface area contributed by atoms with E-state index >= 15 is 0 Å². The van der Waals surface area contributed by atoms with Crippen LogP contribution in [0.1, 0.15) is 47.4 Å². The second kappa shape index (κ2) is 7.76. The smallest absolute Gasteiger partial charge is 0.274 e. The lowest BCUT2D eigenvalue weighted by atomic mass is 9.84. The van der Waals surface area contributed by atoms with Crippen LogP contribution >= 0.6 is 0 Å². The maximum absolute atomic E-state index is 12.6. The fourth-order valence-electron chi connectivity index (χ4n) is 3.29. The van der Waals surface area contributed by atoms with E-state index in [2.05, 4.69) is 27.1 Å². The summed E-state index contributed by atoms with van der Waals surface area (Å²) < 4.78 is 0. The van der Waals surface area contributed by atoms with Crippen LogP contribution in [0, 0.1) is 18.8 Å². The molecule has 2 aromatic rings. The van der Waals surface area contributed by atoms with Crippen molar-refractivity contribution >= 4 is 23.5 Å². The van der Waals surface area contributed by atoms with Gasteiger partial charge < -0.3 is 11.1 Å². The molecule has 0 bridgehead atoms. The summed E-state index contributed by atoms with van der Waals surface area (Å²) in [5.41, 5.74) is 8.56. The van der Waals surface area contributed by atoms with E-state index in [0.717, 1.165) is 16.7 Å². The van der Waals surface area contributed by atoms with Crippen LogP contribution in [0.3, 0.4) is 0 Å². The van der Waals surface area contributed by atoms with Gasteiger partial charge in [-0.2, -0.15) is 0 Å². The van der Waals surface area contributed by atoms with Crippen LogP contribution in [0.25, 0.3) is 0 Å². The van der Waals surface area contributed by atoms with Crippen molar-refractivity contribution in [2.75, 3.05) is 12.4 Å². The normalized spacial score (nSPS) is 18.6. The zero-order valence-electron chi connectivity index (χ0n) is 16.9. The summed E-state index contributed by atoms with van der Waals surface area (Å²) in [5.74, 6) is 5.42. The largest absolute Gasteiger partial charge is 0.369 e. The molecule has 148 valence electrons. The minimum Gasteiger partial charge on any atom is -0.369 e. The molecular weight excluding hydrogens is 366 g/mol. The number of aryl methyl sites for hydroxylation is 1. The van der Waals surface area contributed by atoms with Crippen LogP contribution in [0.15, 0.2) is 41.5 Å². The zero-order valence-corrected chi connectivity index (χ0v) is 16.9. The van der Waals surface area contributed by atoms with E-state index in [1.54, 1.807) is 38.4 Å². The molecule has 1 aromatic carbocycles. The molecule has 1 aliphatic rings. The SMILES string of the molecule is CC#Cc1ccc(C(=O)Nc2ccc(C)c([C@]3(C)CC(=O)N(C)C(N)=N3)c2)nc1. The topological polar surface area (TPSA) is 101 Å². The van der Waals surface area contributed by atoms with Crippen LogP contribution in [0.2, 0.25) is 0 Å². The van der Waals surface area contributed by atoms with Crippen molar-refractivity contribution in [2.45, 2.75) is 32.7 Å². The molecule has 0 aliphatic carbocycles. The Morgan fingerprint density at radius 2 is 2.07 bits per heavy atom. The first-order valence-corrected chi connectivity index (χ1v) is 9.16. The standard InChI is InChI=1S/C22H23N5O2/c1-5-6-15-8-10-18(24-13-15)20(29)25-16-9-7-14(2)17(11-16)22(3)12-19(28)27(4)21(23)26-22/h7-11,13H,12H2,1-4H3,(H2,23,26)(H,25,29)/t22-/m0/s1. The van der Waals surface area contributed by atoms with E-state index in [4.69, 9.17) is 5.73 Å². The van der Waals surface area contributed by atoms with E-state index in [1.807, 2.05) is 26.0 Å². The van der Waals surface area contributed by atoms with Gasteiger partial charge in [-0.25, -0.2) is 9.98 Å². The zero-order chi connectivity index (χ0) is 21.2. The number of nitrogens with one attached hydrogen (secondary N) is 1. The van der Waals surface area contributed by atoms with Gasteiger partial charge in [0, 0.05) is 24.5 Å². The van der Waals surface area contributed by atoms with Crippen LogP contribution in [-0.2, 0) is 10.3 Å². The van der Waals surface area contributed by atoms with E-state index in [1.165, 1.54) is 4.90 Å². The molecule has 3 rings (SSSR count). The first-order chi connectivity index (χ1) is 13.7. The van der Waals surface area contributed by atoms with Crippen LogP contribution in [0.4, 0.5) is 5.69 Å². The monoisotopic (exact) mass is 389 g/mol. The first-order valence-electron chi connectivity index (χ1n) is 9.16. The minimum atomic E-state index is -0.794. The summed E-state index contributed by atoms with van der Waals surface area (Å²) in [4.78, 5) is 34.9. The van der Waals surface area contributed by atoms with Gasteiger partial charge in [-0.15, -0.1) is 5.92 Å². The van der Waals surface area contributed by atoms with Crippen molar-refractivity contribution in [3.05, 3.63) is 58.9 Å². The van der Waals surface area contributed by atoms with Crippen LogP contribution < -0.4 is 11.1 Å². The number of rotatable bonds is 3. The lowest BCUT2D eigenvalue weighted by molar-refractivity contribution is -0.128. The molecule has 0 saturated heterocycles. The van der Waals surface area contributed by atoms with Crippen molar-refractivity contribution in [1.29, 1.82) is 0 Å². The number of anilines is 1. The number of benzene rings is 1. The molecule has 3 N–H and O–H groups in total. The number of aliphatic imine (C=N–C) groups is 1. The average Bonchev–Trinajstić information content (AvgIpc) is 2.68. The summed E-state index contributed by atoms with van der Waals surface area (Å²) in [7, 11) is 1.61. The van der Waals surface area contributed by atoms with E-state index in [0.29, 0.717) is 5.69 Å². The Balaban J connectivity index is 1.88. The van der Waals surface area contributed by atoms with Gasteiger partial charge in [-0.05, 0) is 56.2 Å². The quantitative estimate of drug-likeness (QED) is 0.787. The third kappa shape index (κ3) is 4.11. The van der Waals surface area contributed by atoms with Crippen LogP contribution in [0.5, 0.6) is 0 Å². The summed E-state index contributed by atoms with van der Waals surface area (Å²) >= 11 is 0. The number of hydrogen-bond acceptors (Lipinski definition) is 5. The molecule has 0 radical (unpaired) electrons. The Hall–Kier alpha value is -3.66. The summed E-state index contributed by atoms with van der Waals surface area (Å²) in [6, 6.07) is 8.91. The summed E-state index contributed by atoms with van der Waals surface area (Å²) in [6.45, 7) is 5.55. The Labute approximate surface area is 170 Å². The molecule has 0 fully saturated rings. The molecule has 0 spiro atoms. The predicted octanol–water partition coefficient (Wildman–Crippen LogP) is 2.41. The van der Waals surface area contributed by atoms with Gasteiger partial charge in [0.2, 0.25) is 5.91 Å². The number of carbonyl (C=O) groups excluding carboxylic acids is 2. The van der Waals surface area contributed by atoms with Crippen molar-refractivity contribution < 1.29 is 9.59 Å². The number of aromatic nitrogens is 1. The molecule has 7 heteroatoms. The number of carbonyl (C=O) groups is 2. The van der Waals surface area contributed by atoms with Gasteiger partial charge in [0.05, 0.1) is 12.0 Å². The fraction of sp³-hybridized carbons (Fsp3) is 0.273. The van der Waals surface area contributed by atoms with E-state index in [-0.39, 0.29) is 29.9 Å². The van der Waals surface area contributed by atoms with Crippen molar-refractivity contribution in [2.24, 2.45) is 10.7 Å². The van der Waals surface area contributed by atoms with Crippen molar-refractivity contribution in [3.8, 4) is 11.8 Å². The Kier molecular flexibility index (Phi) is 5.37. The number of nitrogens with two attached hydrogens (primary N) is 1. The molecule has 7 nitrogen and oxygen atoms in total. The Morgan fingerprint density at radius 3 is 2.69 bits per heavy atom. The molecule has 0 saturated carbocycles. The average molecular weight is 389 g/mol. The molecule has 1 aliphatic heterocycles. The molecule has 2 amide bonds. The highest BCUT2D eigenvalue weighted by Gasteiger charge is 2.37. The van der Waals surface area contributed by atoms with Gasteiger partial charge in [0.1, 0.15) is 5.69 Å². The maximum Gasteiger partial charge on any atom is 0.274 e. The first kappa shape index (κ1) is 20.1. The van der Waals surface area contributed by atoms with Crippen molar-refractivity contribution in [3.63, 3.8) is 0 Å². The molecule has 0 unspecified atom stereocenters. The third-order valence-electron chi connectivity index (χ3n) is 4.92. The second-order valence-corrected chi connectivity index (χ2v) is 7.16. The third-order valence-corrected chi connectivity index (χ3v) is 4.92. The summed E-state index contributed by atoms with van der Waals surface area (Å²) in [5, 5.41) is 2.85. The number of pyridine rings is 1. The van der Waals surface area contributed by atoms with Crippen molar-refractivity contribution in [1.82, 2.24) is 9.88 Å². The number of guanidine groups is 1. The predicted molar refractivity (Wildman–Crippen MR) is 112 cm³/mol. The number of amides is 2. The van der Waals surface area contributed by atoms with Gasteiger partial charge in [-0.1, -0.05) is 12.0 Å². The highest BCUT2D eigenvalue weighted by Crippen LogP contribution is 2.36. The van der Waals surface area contributed by atoms with Gasteiger partial charge in [0.25, 0.3) is 5.91 Å². The van der Waals surface area contributed by atoms with E-state index in [9.17, 15) is 9.59 Å². The highest BCUT2D eigenvalue weighted by atomic mass is 16.2. The molecule has 1 aromatic heterocycles. The van der Waals surface area contributed by atoms with Gasteiger partial charge >= 0.3 is 0 Å². The van der Waals surface area contributed by atoms with Gasteiger partial charge in [-0.3, -0.25) is 14.5 Å². The fourth-order valence-corrected chi connectivity index (χ4v) is 3.29. The lowest BCUT2D eigenvalue weighted by Gasteiger charge is -2.34. The molecule has 1 atom stereocenters. The number of nitrogens with zero attached hydrogens (tertiary/aromatic N) is 3. The minimum absolute atomic E-state index is 0.103. The number of hydrogen-bond donors (Lipinski definition) is 2. The van der Waals surface area contributed by atoms with Crippen LogP contribution in [-0.4, -0.2) is 34.7 Å². The van der Waals surface area contributed by atoms with E-state index < -0.39 is 5.54 Å². The second-order valence-electron chi connectivity index (χ2n) is 7.16. The molecule has 29 heavy (non-hydrogen) atoms. The lowest BCUT2D eigenvalue weighted by Crippen LogP contribution is -2.47. The Bertz CT molecular complexity index is 1060. The summed E-state index contributed by atoms with van der Waals surface area (Å²) in [6.07, 6.45) is 1.76. The molecular formula is C22H23N5O2. The van der Waals surface area contributed by atoms with Gasteiger partial charge in [0.15, 0.2) is 5.96 Å².